The molecule has 0 spiro atoms. The first kappa shape index (κ1) is 10.4. The maximum absolute atomic E-state index is 11.1. The molecular formula is C12H9N3O3. The van der Waals surface area contributed by atoms with E-state index in [9.17, 15) is 9.90 Å². The minimum Gasteiger partial charge on any atom is -0.508 e. The number of phenolic OH excluding ortho intramolecular Hbond substituents is 1. The van der Waals surface area contributed by atoms with Gasteiger partial charge in [-0.05, 0) is 18.2 Å². The molecule has 0 amide bonds. The number of phenols is 1. The van der Waals surface area contributed by atoms with Crippen molar-refractivity contribution in [3.8, 4) is 17.0 Å². The number of hydrogen-bond acceptors (Lipinski definition) is 3. The molecule has 0 atom stereocenters. The third-order valence-electron chi connectivity index (χ3n) is 2.77. The van der Waals surface area contributed by atoms with Crippen molar-refractivity contribution >= 4 is 16.9 Å². The molecule has 0 aliphatic carbocycles. The first-order valence-corrected chi connectivity index (χ1v) is 5.24. The lowest BCUT2D eigenvalue weighted by Crippen LogP contribution is -1.98. The van der Waals surface area contributed by atoms with Crippen LogP contribution in [0.2, 0.25) is 0 Å². The summed E-state index contributed by atoms with van der Waals surface area (Å²) in [7, 11) is 0. The number of imidazole rings is 1. The fourth-order valence-electron chi connectivity index (χ4n) is 1.97. The van der Waals surface area contributed by atoms with Crippen LogP contribution in [-0.4, -0.2) is 31.1 Å². The Labute approximate surface area is 101 Å². The number of H-pyrrole nitrogens is 2. The largest absolute Gasteiger partial charge is 0.508 e. The summed E-state index contributed by atoms with van der Waals surface area (Å²) >= 11 is 0. The standard InChI is InChI=1S/C12H9N3O3/c16-6-1-2-9-7(3-6)8(4-13-9)10-11(12(17)18)15-5-14-10/h1-5,13,16H,(H,14,15)(H,17,18). The average molecular weight is 243 g/mol. The molecular weight excluding hydrogens is 234 g/mol. The smallest absolute Gasteiger partial charge is 0.354 e. The number of carboxylic acids is 1. The molecule has 0 unspecified atom stereocenters. The Morgan fingerprint density at radius 3 is 2.89 bits per heavy atom. The van der Waals surface area contributed by atoms with E-state index in [0.29, 0.717) is 11.3 Å². The first-order chi connectivity index (χ1) is 8.66. The van der Waals surface area contributed by atoms with Gasteiger partial charge in [0.2, 0.25) is 0 Å². The van der Waals surface area contributed by atoms with Gasteiger partial charge < -0.3 is 20.2 Å². The zero-order valence-electron chi connectivity index (χ0n) is 9.14. The van der Waals surface area contributed by atoms with Crippen molar-refractivity contribution < 1.29 is 15.0 Å². The van der Waals surface area contributed by atoms with E-state index >= 15 is 0 Å². The summed E-state index contributed by atoms with van der Waals surface area (Å²) in [5, 5.41) is 19.3. The maximum Gasteiger partial charge on any atom is 0.354 e. The molecule has 90 valence electrons. The fraction of sp³-hybridized carbons (Fsp3) is 0. The van der Waals surface area contributed by atoms with Crippen molar-refractivity contribution in [1.82, 2.24) is 15.0 Å². The molecule has 1 aromatic carbocycles. The van der Waals surface area contributed by atoms with Crippen LogP contribution in [0.25, 0.3) is 22.2 Å². The van der Waals surface area contributed by atoms with E-state index in [1.165, 1.54) is 6.33 Å². The number of aromatic nitrogens is 3. The molecule has 3 rings (SSSR count). The van der Waals surface area contributed by atoms with Crippen molar-refractivity contribution in [3.05, 3.63) is 36.4 Å². The van der Waals surface area contributed by atoms with Crippen molar-refractivity contribution in [2.45, 2.75) is 0 Å². The Balaban J connectivity index is 2.28. The highest BCUT2D eigenvalue weighted by molar-refractivity contribution is 6.01. The van der Waals surface area contributed by atoms with E-state index in [2.05, 4.69) is 15.0 Å². The Morgan fingerprint density at radius 1 is 1.28 bits per heavy atom. The minimum absolute atomic E-state index is 0.0271. The van der Waals surface area contributed by atoms with Crippen LogP contribution in [0.3, 0.4) is 0 Å². The van der Waals surface area contributed by atoms with E-state index in [1.807, 2.05) is 0 Å². The van der Waals surface area contributed by atoms with Crippen LogP contribution in [0.1, 0.15) is 10.5 Å². The summed E-state index contributed by atoms with van der Waals surface area (Å²) in [5.74, 6) is -0.951. The zero-order chi connectivity index (χ0) is 12.7. The number of aromatic carboxylic acids is 1. The van der Waals surface area contributed by atoms with Gasteiger partial charge >= 0.3 is 5.97 Å². The quantitative estimate of drug-likeness (QED) is 0.552. The topological polar surface area (TPSA) is 102 Å². The first-order valence-electron chi connectivity index (χ1n) is 5.24. The predicted octanol–water partition coefficient (Wildman–Crippen LogP) is 1.96. The van der Waals surface area contributed by atoms with E-state index in [1.54, 1.807) is 24.4 Å². The van der Waals surface area contributed by atoms with Gasteiger partial charge in [-0.2, -0.15) is 0 Å². The number of rotatable bonds is 2. The lowest BCUT2D eigenvalue weighted by molar-refractivity contribution is 0.0692. The van der Waals surface area contributed by atoms with Gasteiger partial charge in [-0.1, -0.05) is 0 Å². The number of fused-ring (bicyclic) bond motifs is 1. The Bertz CT molecular complexity index is 742. The van der Waals surface area contributed by atoms with E-state index in [-0.39, 0.29) is 11.4 Å². The molecule has 0 aliphatic rings. The van der Waals surface area contributed by atoms with Gasteiger partial charge in [0.15, 0.2) is 5.69 Å². The molecule has 6 nitrogen and oxygen atoms in total. The van der Waals surface area contributed by atoms with Crippen LogP contribution in [0, 0.1) is 0 Å². The number of nitrogens with zero attached hydrogens (tertiary/aromatic N) is 1. The molecule has 0 bridgehead atoms. The highest BCUT2D eigenvalue weighted by Crippen LogP contribution is 2.31. The average Bonchev–Trinajstić information content (AvgIpc) is 2.92. The molecule has 2 heterocycles. The second-order valence-corrected chi connectivity index (χ2v) is 3.86. The van der Waals surface area contributed by atoms with Gasteiger partial charge in [0.25, 0.3) is 0 Å². The SMILES string of the molecule is O=C(O)c1[nH]cnc1-c1c[nH]c2ccc(O)cc12. The summed E-state index contributed by atoms with van der Waals surface area (Å²) in [5.41, 5.74) is 1.82. The molecule has 0 saturated carbocycles. The normalized spacial score (nSPS) is 10.9. The van der Waals surface area contributed by atoms with Crippen LogP contribution in [0.15, 0.2) is 30.7 Å². The van der Waals surface area contributed by atoms with Crippen LogP contribution in [-0.2, 0) is 0 Å². The molecule has 0 saturated heterocycles. The number of nitrogens with one attached hydrogen (secondary N) is 2. The number of benzene rings is 1. The van der Waals surface area contributed by atoms with Gasteiger partial charge in [-0.15, -0.1) is 0 Å². The summed E-state index contributed by atoms with van der Waals surface area (Å²) in [6.07, 6.45) is 3.01. The lowest BCUT2D eigenvalue weighted by atomic mass is 10.1. The van der Waals surface area contributed by atoms with Crippen LogP contribution in [0.4, 0.5) is 0 Å². The van der Waals surface area contributed by atoms with Gasteiger partial charge in [-0.25, -0.2) is 9.78 Å². The Hall–Kier alpha value is -2.76. The second-order valence-electron chi connectivity index (χ2n) is 3.86. The highest BCUT2D eigenvalue weighted by Gasteiger charge is 2.17. The lowest BCUT2D eigenvalue weighted by Gasteiger charge is -1.98. The van der Waals surface area contributed by atoms with Gasteiger partial charge in [0.1, 0.15) is 11.4 Å². The third kappa shape index (κ3) is 1.43. The Kier molecular flexibility index (Phi) is 2.09. The highest BCUT2D eigenvalue weighted by atomic mass is 16.4. The van der Waals surface area contributed by atoms with Crippen LogP contribution in [0.5, 0.6) is 5.75 Å². The van der Waals surface area contributed by atoms with E-state index < -0.39 is 5.97 Å². The monoisotopic (exact) mass is 243 g/mol. The number of carboxylic acid groups (broad SMARTS) is 1. The molecule has 6 heteroatoms. The summed E-state index contributed by atoms with van der Waals surface area (Å²) in [6.45, 7) is 0. The van der Waals surface area contributed by atoms with Crippen LogP contribution >= 0.6 is 0 Å². The maximum atomic E-state index is 11.1. The molecule has 0 fully saturated rings. The molecule has 0 radical (unpaired) electrons. The van der Waals surface area contributed by atoms with Crippen molar-refractivity contribution in [1.29, 1.82) is 0 Å². The van der Waals surface area contributed by atoms with Gasteiger partial charge in [0.05, 0.1) is 6.33 Å². The molecule has 4 N–H and O–H groups in total. The van der Waals surface area contributed by atoms with Gasteiger partial charge in [-0.3, -0.25) is 0 Å². The molecule has 0 aliphatic heterocycles. The zero-order valence-corrected chi connectivity index (χ0v) is 9.14. The van der Waals surface area contributed by atoms with Crippen molar-refractivity contribution in [2.75, 3.05) is 0 Å². The molecule has 3 aromatic rings. The second kappa shape index (κ2) is 3.63. The Morgan fingerprint density at radius 2 is 2.11 bits per heavy atom. The predicted molar refractivity (Wildman–Crippen MR) is 64.5 cm³/mol. The van der Waals surface area contributed by atoms with E-state index in [0.717, 1.165) is 10.9 Å². The summed E-state index contributed by atoms with van der Waals surface area (Å²) in [4.78, 5) is 20.7. The van der Waals surface area contributed by atoms with E-state index in [4.69, 9.17) is 5.11 Å². The third-order valence-corrected chi connectivity index (χ3v) is 2.77. The van der Waals surface area contributed by atoms with Crippen molar-refractivity contribution in [2.24, 2.45) is 0 Å². The van der Waals surface area contributed by atoms with Crippen LogP contribution < -0.4 is 0 Å². The minimum atomic E-state index is -1.07. The number of hydrogen-bond donors (Lipinski definition) is 4. The fourth-order valence-corrected chi connectivity index (χ4v) is 1.97. The summed E-state index contributed by atoms with van der Waals surface area (Å²) < 4.78 is 0. The summed E-state index contributed by atoms with van der Waals surface area (Å²) in [6, 6.07) is 4.86. The number of carbonyl (C=O) groups is 1. The van der Waals surface area contributed by atoms with Crippen molar-refractivity contribution in [3.63, 3.8) is 0 Å². The molecule has 18 heavy (non-hydrogen) atoms. The van der Waals surface area contributed by atoms with Gasteiger partial charge in [0, 0.05) is 22.7 Å². The number of aromatic amines is 2. The molecule has 2 aromatic heterocycles. The number of aromatic hydroxyl groups is 1.